The average Bonchev–Trinajstić information content (AvgIpc) is 3.28. The van der Waals surface area contributed by atoms with Crippen LogP contribution in [0, 0.1) is 5.95 Å². The normalized spacial score (nSPS) is 17.7. The highest BCUT2D eigenvalue weighted by molar-refractivity contribution is 7.87. The van der Waals surface area contributed by atoms with Crippen molar-refractivity contribution >= 4 is 21.1 Å². The molecular weight excluding hydrogens is 519 g/mol. The van der Waals surface area contributed by atoms with Crippen molar-refractivity contribution in [1.82, 2.24) is 28.4 Å². The van der Waals surface area contributed by atoms with Crippen LogP contribution in [0.4, 0.5) is 4.39 Å². The molecule has 0 radical (unpaired) electrons. The van der Waals surface area contributed by atoms with Crippen LogP contribution in [0.25, 0.3) is 10.9 Å². The van der Waals surface area contributed by atoms with Crippen LogP contribution in [0.2, 0.25) is 0 Å². The van der Waals surface area contributed by atoms with Crippen LogP contribution in [0.5, 0.6) is 0 Å². The summed E-state index contributed by atoms with van der Waals surface area (Å²) in [5, 5.41) is 4.37. The summed E-state index contributed by atoms with van der Waals surface area (Å²) in [7, 11) is -1.72. The standard InChI is InChI=1S/C28H39FN6O3S/c1-32-13-15-34(16-14-32)39(36,37)35-22-24(26-9-2-3-10-27(26)35)21-33(20-23-6-5-11-31-28(23)29)17-19-38-18-12-30-25-7-4-8-25/h2-3,5-6,9-11,22,25,30H,4,7-8,12-21H2,1H3. The Morgan fingerprint density at radius 2 is 1.82 bits per heavy atom. The van der Waals surface area contributed by atoms with Gasteiger partial charge in [-0.2, -0.15) is 17.1 Å². The molecule has 1 saturated heterocycles. The number of benzene rings is 1. The van der Waals surface area contributed by atoms with E-state index in [1.807, 2.05) is 31.3 Å². The number of aromatic nitrogens is 2. The van der Waals surface area contributed by atoms with Crippen molar-refractivity contribution in [3.05, 3.63) is 65.9 Å². The minimum absolute atomic E-state index is 0.341. The number of nitrogens with zero attached hydrogens (tertiary/aromatic N) is 5. The fourth-order valence-corrected chi connectivity index (χ4v) is 6.70. The maximum absolute atomic E-state index is 14.5. The summed E-state index contributed by atoms with van der Waals surface area (Å²) in [6.45, 7) is 5.61. The summed E-state index contributed by atoms with van der Waals surface area (Å²) in [5.74, 6) is -0.492. The van der Waals surface area contributed by atoms with E-state index in [9.17, 15) is 12.8 Å². The number of hydrogen-bond acceptors (Lipinski definition) is 7. The molecule has 0 atom stereocenters. The Labute approximate surface area is 230 Å². The summed E-state index contributed by atoms with van der Waals surface area (Å²) < 4.78 is 50.7. The highest BCUT2D eigenvalue weighted by Gasteiger charge is 2.29. The van der Waals surface area contributed by atoms with Gasteiger partial charge in [0.2, 0.25) is 5.95 Å². The summed E-state index contributed by atoms with van der Waals surface area (Å²) in [6.07, 6.45) is 6.95. The van der Waals surface area contributed by atoms with Crippen LogP contribution in [0.15, 0.2) is 48.8 Å². The predicted octanol–water partition coefficient (Wildman–Crippen LogP) is 2.68. The molecular formula is C28H39FN6O3S. The number of fused-ring (bicyclic) bond motifs is 1. The number of hydrogen-bond donors (Lipinski definition) is 1. The van der Waals surface area contributed by atoms with Gasteiger partial charge in [-0.1, -0.05) is 30.7 Å². The lowest BCUT2D eigenvalue weighted by atomic mass is 9.93. The maximum Gasteiger partial charge on any atom is 0.308 e. The minimum Gasteiger partial charge on any atom is -0.379 e. The molecule has 0 bridgehead atoms. The van der Waals surface area contributed by atoms with Crippen molar-refractivity contribution in [2.24, 2.45) is 0 Å². The van der Waals surface area contributed by atoms with Crippen LogP contribution < -0.4 is 5.32 Å². The first-order chi connectivity index (χ1) is 18.9. The molecule has 11 heteroatoms. The maximum atomic E-state index is 14.5. The van der Waals surface area contributed by atoms with E-state index < -0.39 is 16.2 Å². The molecule has 2 aliphatic rings. The smallest absolute Gasteiger partial charge is 0.308 e. The van der Waals surface area contributed by atoms with E-state index >= 15 is 0 Å². The number of nitrogens with one attached hydrogen (secondary N) is 1. The Kier molecular flexibility index (Phi) is 9.26. The highest BCUT2D eigenvalue weighted by atomic mass is 32.2. The summed E-state index contributed by atoms with van der Waals surface area (Å²) >= 11 is 0. The molecule has 1 aliphatic carbocycles. The molecule has 0 unspecified atom stereocenters. The van der Waals surface area contributed by atoms with E-state index in [4.69, 9.17) is 4.74 Å². The molecule has 2 aromatic heterocycles. The van der Waals surface area contributed by atoms with Gasteiger partial charge in [-0.25, -0.2) is 8.96 Å². The number of ether oxygens (including phenoxy) is 1. The zero-order valence-electron chi connectivity index (χ0n) is 22.6. The van der Waals surface area contributed by atoms with Gasteiger partial charge in [-0.3, -0.25) is 4.90 Å². The largest absolute Gasteiger partial charge is 0.379 e. The van der Waals surface area contributed by atoms with Gasteiger partial charge in [0.15, 0.2) is 0 Å². The van der Waals surface area contributed by atoms with Gasteiger partial charge in [0.25, 0.3) is 0 Å². The van der Waals surface area contributed by atoms with E-state index in [0.717, 1.165) is 17.5 Å². The van der Waals surface area contributed by atoms with Gasteiger partial charge in [0.05, 0.1) is 18.7 Å². The Hall–Kier alpha value is -2.41. The third-order valence-corrected chi connectivity index (χ3v) is 9.58. The second-order valence-corrected chi connectivity index (χ2v) is 12.3. The lowest BCUT2D eigenvalue weighted by molar-refractivity contribution is 0.0964. The number of para-hydroxylation sites is 1. The van der Waals surface area contributed by atoms with E-state index in [1.165, 1.54) is 29.4 Å². The van der Waals surface area contributed by atoms with Gasteiger partial charge in [0.1, 0.15) is 0 Å². The Morgan fingerprint density at radius 3 is 2.56 bits per heavy atom. The fourth-order valence-electron chi connectivity index (χ4n) is 5.15. The van der Waals surface area contributed by atoms with Crippen molar-refractivity contribution in [2.75, 3.05) is 59.5 Å². The molecule has 1 aliphatic heterocycles. The molecule has 0 amide bonds. The van der Waals surface area contributed by atoms with Gasteiger partial charge >= 0.3 is 10.2 Å². The summed E-state index contributed by atoms with van der Waals surface area (Å²) in [5.41, 5.74) is 2.02. The van der Waals surface area contributed by atoms with Gasteiger partial charge in [-0.05, 0) is 37.6 Å². The zero-order valence-corrected chi connectivity index (χ0v) is 23.5. The molecule has 0 spiro atoms. The van der Waals surface area contributed by atoms with Gasteiger partial charge in [0, 0.05) is 81.7 Å². The van der Waals surface area contributed by atoms with E-state index in [2.05, 4.69) is 20.1 Å². The Bertz CT molecular complexity index is 1340. The first kappa shape index (κ1) is 28.1. The molecule has 2 fully saturated rings. The summed E-state index contributed by atoms with van der Waals surface area (Å²) in [6, 6.07) is 11.7. The zero-order chi connectivity index (χ0) is 27.2. The SMILES string of the molecule is CN1CCN(S(=O)(=O)n2cc(CN(CCOCCNC3CCC3)Cc3cccnc3F)c3ccccc32)CC1. The topological polar surface area (TPSA) is 82.9 Å². The van der Waals surface area contributed by atoms with Crippen molar-refractivity contribution in [1.29, 1.82) is 0 Å². The molecule has 1 aromatic carbocycles. The first-order valence-electron chi connectivity index (χ1n) is 13.8. The van der Waals surface area contributed by atoms with Gasteiger partial charge < -0.3 is 15.0 Å². The monoisotopic (exact) mass is 558 g/mol. The number of rotatable bonds is 13. The summed E-state index contributed by atoms with van der Waals surface area (Å²) in [4.78, 5) is 8.03. The van der Waals surface area contributed by atoms with Crippen LogP contribution in [-0.2, 0) is 28.0 Å². The third-order valence-electron chi connectivity index (χ3n) is 7.76. The number of halogens is 1. The molecule has 39 heavy (non-hydrogen) atoms. The molecule has 1 N–H and O–H groups in total. The third kappa shape index (κ3) is 6.85. The minimum atomic E-state index is -3.72. The molecule has 3 heterocycles. The second-order valence-electron chi connectivity index (χ2n) is 10.5. The molecule has 3 aromatic rings. The number of likely N-dealkylation sites (N-methyl/N-ethyl adjacent to an activating group) is 1. The quantitative estimate of drug-likeness (QED) is 0.255. The first-order valence-corrected chi connectivity index (χ1v) is 15.2. The van der Waals surface area contributed by atoms with Crippen LogP contribution in [0.3, 0.4) is 0 Å². The molecule has 9 nitrogen and oxygen atoms in total. The Morgan fingerprint density at radius 1 is 1.05 bits per heavy atom. The average molecular weight is 559 g/mol. The number of pyridine rings is 1. The van der Waals surface area contributed by atoms with Crippen LogP contribution in [0.1, 0.15) is 30.4 Å². The highest BCUT2D eigenvalue weighted by Crippen LogP contribution is 2.26. The van der Waals surface area contributed by atoms with E-state index in [1.54, 1.807) is 22.6 Å². The lowest BCUT2D eigenvalue weighted by Gasteiger charge is -2.31. The van der Waals surface area contributed by atoms with Gasteiger partial charge in [-0.15, -0.1) is 0 Å². The van der Waals surface area contributed by atoms with E-state index in [0.29, 0.717) is 76.1 Å². The van der Waals surface area contributed by atoms with Crippen LogP contribution in [-0.4, -0.2) is 97.1 Å². The molecule has 5 rings (SSSR count). The molecule has 1 saturated carbocycles. The predicted molar refractivity (Wildman–Crippen MR) is 150 cm³/mol. The van der Waals surface area contributed by atoms with Crippen molar-refractivity contribution in [3.8, 4) is 0 Å². The molecule has 212 valence electrons. The van der Waals surface area contributed by atoms with Crippen LogP contribution >= 0.6 is 0 Å². The van der Waals surface area contributed by atoms with Crippen molar-refractivity contribution in [3.63, 3.8) is 0 Å². The Balaban J connectivity index is 1.33. The van der Waals surface area contributed by atoms with E-state index in [-0.39, 0.29) is 0 Å². The fraction of sp³-hybridized carbons (Fsp3) is 0.536. The lowest BCUT2D eigenvalue weighted by Crippen LogP contribution is -2.48. The van der Waals surface area contributed by atoms with Crippen molar-refractivity contribution < 1.29 is 17.5 Å². The second kappa shape index (κ2) is 12.8. The number of piperazine rings is 1. The van der Waals surface area contributed by atoms with Crippen molar-refractivity contribution in [2.45, 2.75) is 38.4 Å².